The van der Waals surface area contributed by atoms with Gasteiger partial charge in [0.1, 0.15) is 0 Å². The van der Waals surface area contributed by atoms with Gasteiger partial charge in [0, 0.05) is 32.5 Å². The highest BCUT2D eigenvalue weighted by Crippen LogP contribution is 2.23. The maximum absolute atomic E-state index is 11.6. The Morgan fingerprint density at radius 1 is 1.48 bits per heavy atom. The number of nitrogens with zero attached hydrogens (tertiary/aromatic N) is 3. The van der Waals surface area contributed by atoms with Crippen molar-refractivity contribution in [2.24, 2.45) is 5.92 Å². The van der Waals surface area contributed by atoms with Gasteiger partial charge in [-0.05, 0) is 25.7 Å². The van der Waals surface area contributed by atoms with Gasteiger partial charge in [-0.3, -0.25) is 4.79 Å². The lowest BCUT2D eigenvalue weighted by Gasteiger charge is -2.39. The third-order valence-corrected chi connectivity index (χ3v) is 4.78. The van der Waals surface area contributed by atoms with Crippen molar-refractivity contribution >= 4 is 5.91 Å². The lowest BCUT2D eigenvalue weighted by atomic mass is 9.89. The molecule has 3 unspecified atom stereocenters. The van der Waals surface area contributed by atoms with Gasteiger partial charge < -0.3 is 14.7 Å². The molecule has 0 spiro atoms. The molecule has 6 nitrogen and oxygen atoms in total. The summed E-state index contributed by atoms with van der Waals surface area (Å²) in [7, 11) is 0. The second-order valence-corrected chi connectivity index (χ2v) is 6.57. The summed E-state index contributed by atoms with van der Waals surface area (Å²) in [5, 5.41) is 7.69. The predicted octanol–water partition coefficient (Wildman–Crippen LogP) is 2.71. The largest absolute Gasteiger partial charge is 0.343 e. The van der Waals surface area contributed by atoms with Crippen LogP contribution >= 0.6 is 0 Å². The summed E-state index contributed by atoms with van der Waals surface area (Å²) in [6, 6.07) is 0.428. The van der Waals surface area contributed by atoms with Gasteiger partial charge in [-0.2, -0.15) is 4.98 Å². The minimum absolute atomic E-state index is 0.0424. The zero-order chi connectivity index (χ0) is 16.8. The van der Waals surface area contributed by atoms with Crippen molar-refractivity contribution in [3.8, 4) is 0 Å². The Hall–Kier alpha value is -1.43. The van der Waals surface area contributed by atoms with Crippen molar-refractivity contribution in [3.05, 3.63) is 11.7 Å². The van der Waals surface area contributed by atoms with Gasteiger partial charge in [0.15, 0.2) is 5.82 Å². The molecule has 3 atom stereocenters. The monoisotopic (exact) mass is 322 g/mol. The topological polar surface area (TPSA) is 71.3 Å². The molecule has 1 aromatic heterocycles. The molecule has 1 aromatic rings. The van der Waals surface area contributed by atoms with Crippen molar-refractivity contribution < 1.29 is 9.32 Å². The van der Waals surface area contributed by atoms with Crippen LogP contribution in [-0.4, -0.2) is 40.1 Å². The molecule has 1 saturated heterocycles. The molecular weight excluding hydrogens is 292 g/mol. The number of aromatic nitrogens is 2. The highest BCUT2D eigenvalue weighted by atomic mass is 16.5. The summed E-state index contributed by atoms with van der Waals surface area (Å²) < 4.78 is 5.41. The molecule has 2 rings (SSSR count). The van der Waals surface area contributed by atoms with Gasteiger partial charge in [0.2, 0.25) is 11.8 Å². The Kier molecular flexibility index (Phi) is 6.57. The van der Waals surface area contributed by atoms with E-state index in [9.17, 15) is 4.79 Å². The number of rotatable bonds is 7. The first-order valence-electron chi connectivity index (χ1n) is 8.89. The zero-order valence-electron chi connectivity index (χ0n) is 14.8. The lowest BCUT2D eigenvalue weighted by Crippen LogP contribution is -2.50. The maximum Gasteiger partial charge on any atom is 0.243 e. The van der Waals surface area contributed by atoms with Crippen molar-refractivity contribution in [1.29, 1.82) is 0 Å². The van der Waals surface area contributed by atoms with Crippen LogP contribution in [0, 0.1) is 5.92 Å². The third kappa shape index (κ3) is 4.77. The third-order valence-electron chi connectivity index (χ3n) is 4.78. The van der Waals surface area contributed by atoms with Crippen LogP contribution in [0.15, 0.2) is 4.52 Å². The van der Waals surface area contributed by atoms with E-state index in [0.29, 0.717) is 17.9 Å². The predicted molar refractivity (Wildman–Crippen MR) is 88.9 cm³/mol. The summed E-state index contributed by atoms with van der Waals surface area (Å²) in [4.78, 5) is 18.0. The summed E-state index contributed by atoms with van der Waals surface area (Å²) in [5.74, 6) is 2.11. The van der Waals surface area contributed by atoms with Crippen LogP contribution in [0.5, 0.6) is 0 Å². The van der Waals surface area contributed by atoms with E-state index in [-0.39, 0.29) is 11.9 Å². The van der Waals surface area contributed by atoms with E-state index in [1.807, 2.05) is 4.90 Å². The molecule has 1 amide bonds. The summed E-state index contributed by atoms with van der Waals surface area (Å²) >= 11 is 0. The molecule has 1 aliphatic rings. The number of hydrogen-bond donors (Lipinski definition) is 1. The molecule has 0 aromatic carbocycles. The normalized spacial score (nSPS) is 23.0. The van der Waals surface area contributed by atoms with Crippen LogP contribution in [0.3, 0.4) is 0 Å². The van der Waals surface area contributed by atoms with E-state index in [2.05, 4.69) is 36.2 Å². The molecule has 130 valence electrons. The summed E-state index contributed by atoms with van der Waals surface area (Å²) in [6.07, 6.45) is 5.12. The minimum Gasteiger partial charge on any atom is -0.343 e. The van der Waals surface area contributed by atoms with Gasteiger partial charge >= 0.3 is 0 Å². The Morgan fingerprint density at radius 2 is 2.26 bits per heavy atom. The van der Waals surface area contributed by atoms with Gasteiger partial charge in [-0.1, -0.05) is 31.8 Å². The second-order valence-electron chi connectivity index (χ2n) is 6.57. The average Bonchev–Trinajstić information content (AvgIpc) is 3.02. The first kappa shape index (κ1) is 17.9. The number of hydrogen-bond acceptors (Lipinski definition) is 5. The van der Waals surface area contributed by atoms with E-state index < -0.39 is 0 Å². The van der Waals surface area contributed by atoms with Crippen molar-refractivity contribution in [2.75, 3.05) is 13.1 Å². The van der Waals surface area contributed by atoms with E-state index in [0.717, 1.165) is 51.0 Å². The molecule has 6 heteroatoms. The van der Waals surface area contributed by atoms with E-state index in [1.165, 1.54) is 0 Å². The fraction of sp³-hybridized carbons (Fsp3) is 0.824. The summed E-state index contributed by atoms with van der Waals surface area (Å²) in [6.45, 7) is 9.72. The standard InChI is InChI=1S/C17H30N4O2/c1-5-7-8-16-19-17(23-20-16)12(3)18-15-9-10-21(13(4)22)11-14(15)6-2/h12,14-15,18H,5-11H2,1-4H3. The molecule has 0 radical (unpaired) electrons. The molecule has 0 bridgehead atoms. The quantitative estimate of drug-likeness (QED) is 0.835. The van der Waals surface area contributed by atoms with Crippen molar-refractivity contribution in [3.63, 3.8) is 0 Å². The molecule has 23 heavy (non-hydrogen) atoms. The van der Waals surface area contributed by atoms with Gasteiger partial charge in [-0.15, -0.1) is 0 Å². The van der Waals surface area contributed by atoms with Crippen molar-refractivity contribution in [1.82, 2.24) is 20.4 Å². The number of likely N-dealkylation sites (tertiary alicyclic amines) is 1. The lowest BCUT2D eigenvalue weighted by molar-refractivity contribution is -0.131. The van der Waals surface area contributed by atoms with Crippen LogP contribution in [0.4, 0.5) is 0 Å². The number of nitrogens with one attached hydrogen (secondary N) is 1. The molecule has 0 aliphatic carbocycles. The smallest absolute Gasteiger partial charge is 0.243 e. The van der Waals surface area contributed by atoms with E-state index >= 15 is 0 Å². The average molecular weight is 322 g/mol. The Morgan fingerprint density at radius 3 is 2.91 bits per heavy atom. The Labute approximate surface area is 139 Å². The van der Waals surface area contributed by atoms with Crippen LogP contribution in [-0.2, 0) is 11.2 Å². The van der Waals surface area contributed by atoms with Gasteiger partial charge in [-0.25, -0.2) is 0 Å². The zero-order valence-corrected chi connectivity index (χ0v) is 14.8. The van der Waals surface area contributed by atoms with Crippen molar-refractivity contribution in [2.45, 2.75) is 71.9 Å². The van der Waals surface area contributed by atoms with Gasteiger partial charge in [0.25, 0.3) is 0 Å². The Bertz CT molecular complexity index is 503. The van der Waals surface area contributed by atoms with Crippen LogP contribution in [0.1, 0.15) is 71.1 Å². The molecule has 1 aliphatic heterocycles. The molecule has 0 saturated carbocycles. The molecule has 1 N–H and O–H groups in total. The highest BCUT2D eigenvalue weighted by molar-refractivity contribution is 5.73. The fourth-order valence-electron chi connectivity index (χ4n) is 3.22. The number of carbonyl (C=O) groups excluding carboxylic acids is 1. The second kappa shape index (κ2) is 8.43. The summed E-state index contributed by atoms with van der Waals surface area (Å²) in [5.41, 5.74) is 0. The number of aryl methyl sites for hydroxylation is 1. The number of unbranched alkanes of at least 4 members (excludes halogenated alkanes) is 1. The molecular formula is C17H30N4O2. The van der Waals surface area contributed by atoms with Crippen LogP contribution in [0.25, 0.3) is 0 Å². The molecule has 1 fully saturated rings. The highest BCUT2D eigenvalue weighted by Gasteiger charge is 2.31. The first-order chi connectivity index (χ1) is 11.0. The van der Waals surface area contributed by atoms with E-state index in [1.54, 1.807) is 6.92 Å². The van der Waals surface area contributed by atoms with Crippen LogP contribution in [0.2, 0.25) is 0 Å². The number of amides is 1. The van der Waals surface area contributed by atoms with E-state index in [4.69, 9.17) is 4.52 Å². The fourth-order valence-corrected chi connectivity index (χ4v) is 3.22. The number of piperidine rings is 1. The molecule has 2 heterocycles. The minimum atomic E-state index is 0.0424. The maximum atomic E-state index is 11.6. The van der Waals surface area contributed by atoms with Crippen LogP contribution < -0.4 is 5.32 Å². The Balaban J connectivity index is 1.92. The first-order valence-corrected chi connectivity index (χ1v) is 8.89. The van der Waals surface area contributed by atoms with Gasteiger partial charge in [0.05, 0.1) is 6.04 Å². The SMILES string of the molecule is CCCCc1noc(C(C)NC2CCN(C(C)=O)CC2CC)n1. The number of carbonyl (C=O) groups is 1.